The van der Waals surface area contributed by atoms with Gasteiger partial charge >= 0.3 is 11.9 Å². The molecule has 0 saturated heterocycles. The van der Waals surface area contributed by atoms with Crippen LogP contribution in [-0.4, -0.2) is 35.4 Å². The van der Waals surface area contributed by atoms with Crippen molar-refractivity contribution in [1.82, 2.24) is 0 Å². The first-order chi connectivity index (χ1) is 19.3. The van der Waals surface area contributed by atoms with Crippen molar-refractivity contribution >= 4 is 35.1 Å². The molecule has 0 heterocycles. The molecule has 40 heavy (non-hydrogen) atoms. The minimum atomic E-state index is -0.942. The summed E-state index contributed by atoms with van der Waals surface area (Å²) in [6, 6.07) is 17.3. The van der Waals surface area contributed by atoms with Crippen LogP contribution in [-0.2, 0) is 22.4 Å². The van der Waals surface area contributed by atoms with Gasteiger partial charge in [0, 0.05) is 16.1 Å². The summed E-state index contributed by atoms with van der Waals surface area (Å²) in [5, 5.41) is 18.4. The minimum Gasteiger partial charge on any atom is -0.489 e. The average molecular weight is 575 g/mol. The molecule has 6 nitrogen and oxygen atoms in total. The van der Waals surface area contributed by atoms with Crippen molar-refractivity contribution in [3.05, 3.63) is 117 Å². The number of allylic oxidation sites excluding steroid dienone is 2. The standard InChI is InChI=1S/C32H24Cl2O6/c33-28-22-27(15-14-26(28)21-32(37)38)39-17-5-1-3-7-23-9-11-24(12-10-23)8-4-2-6-18-40-30-16-13-25(19-29(30)34)20-31(35)36/h1-2,5-6,9-16,19,22H,17-18,20-21H2,(H,35,36)(H,37,38)/b5-1+,6-2+. The fourth-order valence-corrected chi connectivity index (χ4v) is 3.75. The van der Waals surface area contributed by atoms with Gasteiger partial charge in [-0.25, -0.2) is 0 Å². The number of hydrogen-bond acceptors (Lipinski definition) is 4. The van der Waals surface area contributed by atoms with E-state index in [0.29, 0.717) is 39.3 Å². The molecule has 202 valence electrons. The van der Waals surface area contributed by atoms with Gasteiger partial charge in [-0.2, -0.15) is 0 Å². The molecule has 0 atom stereocenters. The van der Waals surface area contributed by atoms with Crippen LogP contribution in [0.1, 0.15) is 22.3 Å². The molecule has 3 rings (SSSR count). The highest BCUT2D eigenvalue weighted by Crippen LogP contribution is 2.26. The highest BCUT2D eigenvalue weighted by molar-refractivity contribution is 6.32. The van der Waals surface area contributed by atoms with Crippen molar-refractivity contribution in [2.75, 3.05) is 13.2 Å². The largest absolute Gasteiger partial charge is 0.489 e. The van der Waals surface area contributed by atoms with Crippen LogP contribution < -0.4 is 9.47 Å². The van der Waals surface area contributed by atoms with Gasteiger partial charge in [0.25, 0.3) is 0 Å². The summed E-state index contributed by atoms with van der Waals surface area (Å²) in [7, 11) is 0. The Kier molecular flexibility index (Phi) is 11.8. The van der Waals surface area contributed by atoms with Crippen molar-refractivity contribution in [3.8, 4) is 35.2 Å². The number of carboxylic acid groups (broad SMARTS) is 2. The van der Waals surface area contributed by atoms with Crippen molar-refractivity contribution in [2.24, 2.45) is 0 Å². The highest BCUT2D eigenvalue weighted by atomic mass is 35.5. The lowest BCUT2D eigenvalue weighted by Crippen LogP contribution is -2.01. The third-order valence-corrected chi connectivity index (χ3v) is 5.77. The van der Waals surface area contributed by atoms with Crippen LogP contribution in [0, 0.1) is 23.7 Å². The number of carboxylic acids is 2. The molecule has 0 aliphatic heterocycles. The molecule has 3 aromatic rings. The van der Waals surface area contributed by atoms with E-state index in [0.717, 1.165) is 11.1 Å². The van der Waals surface area contributed by atoms with Crippen molar-refractivity contribution in [1.29, 1.82) is 0 Å². The number of aliphatic carboxylic acids is 2. The van der Waals surface area contributed by atoms with Crippen LogP contribution in [0.2, 0.25) is 10.0 Å². The minimum absolute atomic E-state index is 0.0947. The van der Waals surface area contributed by atoms with Gasteiger partial charge in [0.15, 0.2) is 0 Å². The van der Waals surface area contributed by atoms with E-state index in [9.17, 15) is 9.59 Å². The van der Waals surface area contributed by atoms with Crippen LogP contribution >= 0.6 is 23.2 Å². The summed E-state index contributed by atoms with van der Waals surface area (Å²) in [5.41, 5.74) is 2.82. The molecule has 2 N–H and O–H groups in total. The second kappa shape index (κ2) is 15.7. The molecule has 3 aromatic carbocycles. The zero-order valence-corrected chi connectivity index (χ0v) is 22.7. The number of benzene rings is 3. The zero-order valence-electron chi connectivity index (χ0n) is 21.2. The van der Waals surface area contributed by atoms with E-state index in [2.05, 4.69) is 23.7 Å². The van der Waals surface area contributed by atoms with Crippen LogP contribution in [0.25, 0.3) is 0 Å². The van der Waals surface area contributed by atoms with E-state index < -0.39 is 11.9 Å². The zero-order chi connectivity index (χ0) is 28.7. The Morgan fingerprint density at radius 2 is 1.32 bits per heavy atom. The molecule has 8 heteroatoms. The van der Waals surface area contributed by atoms with E-state index in [-0.39, 0.29) is 19.4 Å². The predicted octanol–water partition coefficient (Wildman–Crippen LogP) is 6.22. The number of carbonyl (C=O) groups is 2. The SMILES string of the molecule is O=C(O)Cc1ccc(OC/C=C/C#Cc2ccc(C#C/C=C/COc3ccc(CC(=O)O)c(Cl)c3)cc2)c(Cl)c1. The lowest BCUT2D eigenvalue weighted by atomic mass is 10.1. The predicted molar refractivity (Wildman–Crippen MR) is 155 cm³/mol. The molecule has 0 unspecified atom stereocenters. The van der Waals surface area contributed by atoms with Gasteiger partial charge in [-0.15, -0.1) is 0 Å². The molecular formula is C32H24Cl2O6. The van der Waals surface area contributed by atoms with Crippen LogP contribution in [0.4, 0.5) is 0 Å². The van der Waals surface area contributed by atoms with Gasteiger partial charge in [0.1, 0.15) is 24.7 Å². The molecule has 0 fully saturated rings. The first-order valence-corrected chi connectivity index (χ1v) is 12.7. The highest BCUT2D eigenvalue weighted by Gasteiger charge is 2.07. The van der Waals surface area contributed by atoms with E-state index in [1.54, 1.807) is 60.7 Å². The molecule has 0 spiro atoms. The lowest BCUT2D eigenvalue weighted by molar-refractivity contribution is -0.137. The van der Waals surface area contributed by atoms with Gasteiger partial charge in [0.2, 0.25) is 0 Å². The summed E-state index contributed by atoms with van der Waals surface area (Å²) in [4.78, 5) is 21.6. The quantitative estimate of drug-likeness (QED) is 0.279. The molecular weight excluding hydrogens is 551 g/mol. The van der Waals surface area contributed by atoms with Crippen molar-refractivity contribution in [2.45, 2.75) is 12.8 Å². The molecule has 0 aliphatic carbocycles. The fraction of sp³-hybridized carbons (Fsp3) is 0.125. The Hall–Kier alpha value is -4.62. The Morgan fingerprint density at radius 1 is 0.725 bits per heavy atom. The Morgan fingerprint density at radius 3 is 1.88 bits per heavy atom. The molecule has 0 bridgehead atoms. The maximum Gasteiger partial charge on any atom is 0.307 e. The normalized spacial score (nSPS) is 10.4. The lowest BCUT2D eigenvalue weighted by Gasteiger charge is -2.06. The average Bonchev–Trinajstić information content (AvgIpc) is 2.91. The summed E-state index contributed by atoms with van der Waals surface area (Å²) in [5.74, 6) is 11.1. The smallest absolute Gasteiger partial charge is 0.307 e. The second-order valence-electron chi connectivity index (χ2n) is 8.20. The number of halogens is 2. The maximum atomic E-state index is 10.8. The Bertz CT molecular complexity index is 1530. The van der Waals surface area contributed by atoms with Crippen LogP contribution in [0.5, 0.6) is 11.5 Å². The maximum absolute atomic E-state index is 10.8. The Labute approximate surface area is 242 Å². The summed E-state index contributed by atoms with van der Waals surface area (Å²) in [6.45, 7) is 0.565. The monoisotopic (exact) mass is 574 g/mol. The van der Waals surface area contributed by atoms with Gasteiger partial charge < -0.3 is 19.7 Å². The van der Waals surface area contributed by atoms with Crippen molar-refractivity contribution < 1.29 is 29.3 Å². The second-order valence-corrected chi connectivity index (χ2v) is 9.02. The first kappa shape index (κ1) is 29.9. The summed E-state index contributed by atoms with van der Waals surface area (Å²) < 4.78 is 11.2. The first-order valence-electron chi connectivity index (χ1n) is 12.0. The van der Waals surface area contributed by atoms with E-state index in [4.69, 9.17) is 42.9 Å². The van der Waals surface area contributed by atoms with Gasteiger partial charge in [-0.05, 0) is 84.0 Å². The third kappa shape index (κ3) is 10.6. The number of rotatable bonds is 10. The van der Waals surface area contributed by atoms with Gasteiger partial charge in [-0.1, -0.05) is 59.0 Å². The fourth-order valence-electron chi connectivity index (χ4n) is 3.25. The third-order valence-electron chi connectivity index (χ3n) is 5.12. The topological polar surface area (TPSA) is 93.1 Å². The van der Waals surface area contributed by atoms with E-state index >= 15 is 0 Å². The van der Waals surface area contributed by atoms with E-state index in [1.165, 1.54) is 0 Å². The van der Waals surface area contributed by atoms with Crippen LogP contribution in [0.3, 0.4) is 0 Å². The molecule has 0 radical (unpaired) electrons. The number of hydrogen-bond donors (Lipinski definition) is 2. The Balaban J connectivity index is 1.40. The number of ether oxygens (including phenoxy) is 2. The van der Waals surface area contributed by atoms with Crippen LogP contribution in [0.15, 0.2) is 85.0 Å². The summed E-state index contributed by atoms with van der Waals surface area (Å²) in [6.07, 6.45) is 6.67. The van der Waals surface area contributed by atoms with Gasteiger partial charge in [0.05, 0.1) is 17.9 Å². The summed E-state index contributed by atoms with van der Waals surface area (Å²) >= 11 is 12.2. The molecule has 0 amide bonds. The molecule has 0 aliphatic rings. The van der Waals surface area contributed by atoms with E-state index in [1.807, 2.05) is 24.3 Å². The van der Waals surface area contributed by atoms with Gasteiger partial charge in [-0.3, -0.25) is 9.59 Å². The molecule has 0 saturated carbocycles. The van der Waals surface area contributed by atoms with Crippen molar-refractivity contribution in [3.63, 3.8) is 0 Å². The molecule has 0 aromatic heterocycles.